The lowest BCUT2D eigenvalue weighted by Gasteiger charge is -2.26. The molecule has 3 rings (SSSR count). The number of nitrogens with one attached hydrogen (secondary N) is 2. The molecular weight excluding hydrogens is 356 g/mol. The second-order valence-corrected chi connectivity index (χ2v) is 5.87. The van der Waals surface area contributed by atoms with E-state index >= 15 is 0 Å². The highest BCUT2D eigenvalue weighted by molar-refractivity contribution is 5.95. The molecule has 0 saturated heterocycles. The van der Waals surface area contributed by atoms with Crippen LogP contribution in [0.15, 0.2) is 29.5 Å². The van der Waals surface area contributed by atoms with Crippen LogP contribution in [0, 0.1) is 0 Å². The van der Waals surface area contributed by atoms with Gasteiger partial charge in [-0.3, -0.25) is 0 Å². The van der Waals surface area contributed by atoms with Gasteiger partial charge in [0, 0.05) is 0 Å². The zero-order valence-corrected chi connectivity index (χ0v) is 15.0. The molecule has 0 bridgehead atoms. The number of carbonyl (C=O) groups is 3. The van der Waals surface area contributed by atoms with Crippen molar-refractivity contribution in [2.75, 3.05) is 26.4 Å². The van der Waals surface area contributed by atoms with Crippen LogP contribution in [0.25, 0.3) is 0 Å². The average Bonchev–Trinajstić information content (AvgIpc) is 2.65. The number of carbonyl (C=O) groups excluding carboxylic acids is 3. The van der Waals surface area contributed by atoms with E-state index in [1.54, 1.807) is 26.0 Å². The third-order valence-electron chi connectivity index (χ3n) is 3.99. The highest BCUT2D eigenvalue weighted by atomic mass is 16.6. The maximum atomic E-state index is 12.4. The van der Waals surface area contributed by atoms with Crippen molar-refractivity contribution in [1.82, 2.24) is 10.6 Å². The minimum absolute atomic E-state index is 0.188. The number of hydrogen-bond acceptors (Lipinski definition) is 7. The maximum absolute atomic E-state index is 12.4. The highest BCUT2D eigenvalue weighted by Crippen LogP contribution is 2.31. The highest BCUT2D eigenvalue weighted by Gasteiger charge is 2.30. The number of esters is 2. The first-order valence-corrected chi connectivity index (χ1v) is 8.54. The van der Waals surface area contributed by atoms with Gasteiger partial charge in [0.2, 0.25) is 0 Å². The molecule has 1 aromatic carbocycles. The van der Waals surface area contributed by atoms with Crippen molar-refractivity contribution in [2.45, 2.75) is 19.9 Å². The maximum Gasteiger partial charge on any atom is 0.338 e. The Morgan fingerprint density at radius 1 is 1.15 bits per heavy atom. The van der Waals surface area contributed by atoms with E-state index in [-0.39, 0.29) is 30.0 Å². The minimum Gasteiger partial charge on any atom is -0.486 e. The van der Waals surface area contributed by atoms with Gasteiger partial charge in [-0.1, -0.05) is 0 Å². The van der Waals surface area contributed by atoms with Crippen LogP contribution >= 0.6 is 0 Å². The summed E-state index contributed by atoms with van der Waals surface area (Å²) in [5.41, 5.74) is 0.674. The van der Waals surface area contributed by atoms with Gasteiger partial charge in [0.25, 0.3) is 0 Å². The fourth-order valence-electron chi connectivity index (χ4n) is 2.78. The Kier molecular flexibility index (Phi) is 5.49. The first-order chi connectivity index (χ1) is 13.0. The lowest BCUT2D eigenvalue weighted by atomic mass is 10.0. The van der Waals surface area contributed by atoms with Gasteiger partial charge in [0.05, 0.1) is 29.5 Å². The first kappa shape index (κ1) is 18.6. The second-order valence-electron chi connectivity index (χ2n) is 5.87. The van der Waals surface area contributed by atoms with E-state index in [2.05, 4.69) is 10.6 Å². The Morgan fingerprint density at radius 2 is 1.89 bits per heavy atom. The molecule has 0 aliphatic carbocycles. The molecule has 2 amide bonds. The predicted octanol–water partition coefficient (Wildman–Crippen LogP) is 1.13. The van der Waals surface area contributed by atoms with Crippen molar-refractivity contribution < 1.29 is 33.3 Å². The Hall–Kier alpha value is -3.23. The standard InChI is InChI=1S/C18H20N2O7/c1-3-24-17(22)15-10(2)19-18(23)20-12(15)9-27-16(21)11-4-5-13-14(8-11)26-7-6-25-13/h4-5,8,10H,3,6-7,9H2,1-2H3,(H2,19,20,23). The van der Waals surface area contributed by atoms with E-state index < -0.39 is 24.0 Å². The first-order valence-electron chi connectivity index (χ1n) is 8.54. The molecule has 0 radical (unpaired) electrons. The van der Waals surface area contributed by atoms with Gasteiger partial charge in [-0.25, -0.2) is 14.4 Å². The number of amides is 2. The molecule has 9 heteroatoms. The Bertz CT molecular complexity index is 803. The molecule has 0 aromatic heterocycles. The van der Waals surface area contributed by atoms with Gasteiger partial charge in [-0.15, -0.1) is 0 Å². The van der Waals surface area contributed by atoms with Crippen molar-refractivity contribution in [3.05, 3.63) is 35.0 Å². The van der Waals surface area contributed by atoms with E-state index in [9.17, 15) is 14.4 Å². The smallest absolute Gasteiger partial charge is 0.338 e. The van der Waals surface area contributed by atoms with Crippen LogP contribution in [-0.2, 0) is 14.3 Å². The van der Waals surface area contributed by atoms with Crippen LogP contribution in [0.3, 0.4) is 0 Å². The largest absolute Gasteiger partial charge is 0.486 e. The van der Waals surface area contributed by atoms with Gasteiger partial charge in [-0.05, 0) is 32.0 Å². The molecule has 27 heavy (non-hydrogen) atoms. The predicted molar refractivity (Wildman–Crippen MR) is 92.5 cm³/mol. The molecule has 9 nitrogen and oxygen atoms in total. The molecule has 0 fully saturated rings. The monoisotopic (exact) mass is 376 g/mol. The number of rotatable bonds is 5. The van der Waals surface area contributed by atoms with E-state index in [1.807, 2.05) is 0 Å². The molecule has 0 spiro atoms. The molecule has 2 N–H and O–H groups in total. The van der Waals surface area contributed by atoms with Gasteiger partial charge >= 0.3 is 18.0 Å². The summed E-state index contributed by atoms with van der Waals surface area (Å²) in [6.07, 6.45) is 0. The van der Waals surface area contributed by atoms with Crippen molar-refractivity contribution in [1.29, 1.82) is 0 Å². The second kappa shape index (κ2) is 7.98. The lowest BCUT2D eigenvalue weighted by Crippen LogP contribution is -2.50. The van der Waals surface area contributed by atoms with Crippen molar-refractivity contribution in [2.24, 2.45) is 0 Å². The normalized spacial score (nSPS) is 18.3. The van der Waals surface area contributed by atoms with Crippen LogP contribution in [0.1, 0.15) is 24.2 Å². The summed E-state index contributed by atoms with van der Waals surface area (Å²) in [5, 5.41) is 5.07. The van der Waals surface area contributed by atoms with Gasteiger partial charge in [-0.2, -0.15) is 0 Å². The number of hydrogen-bond donors (Lipinski definition) is 2. The summed E-state index contributed by atoms with van der Waals surface area (Å²) in [5.74, 6) is -0.179. The quantitative estimate of drug-likeness (QED) is 0.741. The SMILES string of the molecule is CCOC(=O)C1=C(COC(=O)c2ccc3c(c2)OCCO3)NC(=O)NC1C. The topological polar surface area (TPSA) is 112 Å². The Balaban J connectivity index is 1.74. The lowest BCUT2D eigenvalue weighted by molar-refractivity contribution is -0.139. The molecule has 2 aliphatic heterocycles. The van der Waals surface area contributed by atoms with Crippen molar-refractivity contribution in [3.8, 4) is 11.5 Å². The van der Waals surface area contributed by atoms with Crippen LogP contribution in [-0.4, -0.2) is 50.4 Å². The Morgan fingerprint density at radius 3 is 2.63 bits per heavy atom. The third kappa shape index (κ3) is 4.13. The van der Waals surface area contributed by atoms with Crippen LogP contribution < -0.4 is 20.1 Å². The molecule has 1 atom stereocenters. The summed E-state index contributed by atoms with van der Waals surface area (Å²) < 4.78 is 21.1. The number of fused-ring (bicyclic) bond motifs is 1. The third-order valence-corrected chi connectivity index (χ3v) is 3.99. The number of ether oxygens (including phenoxy) is 4. The minimum atomic E-state index is -0.622. The summed E-state index contributed by atoms with van der Waals surface area (Å²) in [6.45, 7) is 4.09. The van der Waals surface area contributed by atoms with Gasteiger partial charge in [0.15, 0.2) is 11.5 Å². The zero-order chi connectivity index (χ0) is 19.4. The zero-order valence-electron chi connectivity index (χ0n) is 15.0. The molecule has 1 unspecified atom stereocenters. The van der Waals surface area contributed by atoms with E-state index in [0.29, 0.717) is 24.7 Å². The van der Waals surface area contributed by atoms with Gasteiger partial charge < -0.3 is 29.6 Å². The number of urea groups is 1. The summed E-state index contributed by atoms with van der Waals surface area (Å²) in [4.78, 5) is 36.2. The fraction of sp³-hybridized carbons (Fsp3) is 0.389. The van der Waals surface area contributed by atoms with E-state index in [0.717, 1.165) is 0 Å². The van der Waals surface area contributed by atoms with Crippen LogP contribution in [0.4, 0.5) is 4.79 Å². The summed E-state index contributed by atoms with van der Waals surface area (Å²) in [6, 6.07) is 3.66. The van der Waals surface area contributed by atoms with Crippen LogP contribution in [0.5, 0.6) is 11.5 Å². The molecule has 1 aromatic rings. The van der Waals surface area contributed by atoms with Crippen molar-refractivity contribution in [3.63, 3.8) is 0 Å². The van der Waals surface area contributed by atoms with E-state index in [4.69, 9.17) is 18.9 Å². The molecule has 2 heterocycles. The molecular formula is C18H20N2O7. The fourth-order valence-corrected chi connectivity index (χ4v) is 2.78. The molecule has 0 saturated carbocycles. The number of benzene rings is 1. The van der Waals surface area contributed by atoms with Crippen LogP contribution in [0.2, 0.25) is 0 Å². The summed E-state index contributed by atoms with van der Waals surface area (Å²) >= 11 is 0. The van der Waals surface area contributed by atoms with Crippen molar-refractivity contribution >= 4 is 18.0 Å². The summed E-state index contributed by atoms with van der Waals surface area (Å²) in [7, 11) is 0. The van der Waals surface area contributed by atoms with E-state index in [1.165, 1.54) is 6.07 Å². The average molecular weight is 376 g/mol. The van der Waals surface area contributed by atoms with Gasteiger partial charge in [0.1, 0.15) is 19.8 Å². The molecule has 2 aliphatic rings. The molecule has 144 valence electrons. The Labute approximate surface area is 155 Å².